The van der Waals surface area contributed by atoms with Gasteiger partial charge in [-0.15, -0.1) is 0 Å². The number of hydrogen-bond donors (Lipinski definition) is 1. The van der Waals surface area contributed by atoms with E-state index in [9.17, 15) is 9.59 Å². The van der Waals surface area contributed by atoms with E-state index in [1.165, 1.54) is 6.20 Å². The van der Waals surface area contributed by atoms with Crippen molar-refractivity contribution in [2.45, 2.75) is 39.3 Å². The van der Waals surface area contributed by atoms with Crippen molar-refractivity contribution in [3.8, 4) is 0 Å². The lowest BCUT2D eigenvalue weighted by molar-refractivity contribution is 0.0218. The molecule has 0 aromatic carbocycles. The van der Waals surface area contributed by atoms with Crippen molar-refractivity contribution in [3.05, 3.63) is 24.0 Å². The lowest BCUT2D eigenvalue weighted by Crippen LogP contribution is -2.54. The molecule has 1 aromatic heterocycles. The number of aromatic nitrogens is 1. The summed E-state index contributed by atoms with van der Waals surface area (Å²) in [5.41, 5.74) is 0.391. The molecule has 1 saturated heterocycles. The van der Waals surface area contributed by atoms with Crippen LogP contribution in [0.2, 0.25) is 0 Å². The number of amides is 1. The molecule has 0 saturated carbocycles. The Hall–Kier alpha value is -2.31. The van der Waals surface area contributed by atoms with Gasteiger partial charge in [-0.1, -0.05) is 0 Å². The van der Waals surface area contributed by atoms with Crippen LogP contribution in [0, 0.1) is 0 Å². The Bertz CT molecular complexity index is 597. The first kappa shape index (κ1) is 17.1. The van der Waals surface area contributed by atoms with Crippen molar-refractivity contribution >= 4 is 17.7 Å². The normalized spacial score (nSPS) is 18.7. The van der Waals surface area contributed by atoms with Gasteiger partial charge in [-0.3, -0.25) is 4.98 Å². The van der Waals surface area contributed by atoms with E-state index in [0.717, 1.165) is 5.69 Å². The van der Waals surface area contributed by atoms with E-state index in [1.54, 1.807) is 17.2 Å². The van der Waals surface area contributed by atoms with E-state index in [-0.39, 0.29) is 17.7 Å². The summed E-state index contributed by atoms with van der Waals surface area (Å²) < 4.78 is 5.40. The monoisotopic (exact) mass is 321 g/mol. The van der Waals surface area contributed by atoms with Crippen LogP contribution < -0.4 is 4.90 Å². The molecule has 23 heavy (non-hydrogen) atoms. The maximum Gasteiger partial charge on any atom is 0.410 e. The summed E-state index contributed by atoms with van der Waals surface area (Å²) in [6.45, 7) is 9.16. The summed E-state index contributed by atoms with van der Waals surface area (Å²) in [6.07, 6.45) is 2.65. The third kappa shape index (κ3) is 4.34. The summed E-state index contributed by atoms with van der Waals surface area (Å²) in [5, 5.41) is 9.07. The predicted octanol–water partition coefficient (Wildman–Crippen LogP) is 2.23. The molecule has 1 aliphatic rings. The molecule has 1 N–H and O–H groups in total. The molecule has 1 aliphatic heterocycles. The van der Waals surface area contributed by atoms with Crippen molar-refractivity contribution in [1.29, 1.82) is 0 Å². The lowest BCUT2D eigenvalue weighted by atomic mass is 10.1. The molecule has 1 atom stereocenters. The molecule has 0 bridgehead atoms. The van der Waals surface area contributed by atoms with Crippen molar-refractivity contribution in [2.24, 2.45) is 0 Å². The zero-order chi connectivity index (χ0) is 17.2. The number of hydrogen-bond acceptors (Lipinski definition) is 5. The number of carboxylic acid groups (broad SMARTS) is 1. The second-order valence-corrected chi connectivity index (χ2v) is 6.71. The van der Waals surface area contributed by atoms with Crippen molar-refractivity contribution in [1.82, 2.24) is 9.88 Å². The molecular weight excluding hydrogens is 298 g/mol. The fraction of sp³-hybridized carbons (Fsp3) is 0.562. The van der Waals surface area contributed by atoms with Crippen LogP contribution in [0.15, 0.2) is 18.5 Å². The average Bonchev–Trinajstić information content (AvgIpc) is 2.45. The maximum absolute atomic E-state index is 12.1. The number of anilines is 1. The maximum atomic E-state index is 12.1. The van der Waals surface area contributed by atoms with Gasteiger partial charge in [-0.05, 0) is 33.8 Å². The van der Waals surface area contributed by atoms with Gasteiger partial charge in [0, 0.05) is 31.9 Å². The molecule has 7 nitrogen and oxygen atoms in total. The molecule has 1 amide bonds. The van der Waals surface area contributed by atoms with E-state index in [0.29, 0.717) is 19.6 Å². The highest BCUT2D eigenvalue weighted by atomic mass is 16.6. The van der Waals surface area contributed by atoms with Gasteiger partial charge in [0.25, 0.3) is 0 Å². The summed E-state index contributed by atoms with van der Waals surface area (Å²) >= 11 is 0. The molecule has 2 heterocycles. The summed E-state index contributed by atoms with van der Waals surface area (Å²) in [5.74, 6) is -1.00. The average molecular weight is 321 g/mol. The van der Waals surface area contributed by atoms with Crippen molar-refractivity contribution in [2.75, 3.05) is 24.5 Å². The van der Waals surface area contributed by atoms with Gasteiger partial charge >= 0.3 is 12.1 Å². The van der Waals surface area contributed by atoms with Gasteiger partial charge in [0.05, 0.1) is 17.4 Å². The van der Waals surface area contributed by atoms with Crippen LogP contribution in [0.5, 0.6) is 0 Å². The predicted molar refractivity (Wildman–Crippen MR) is 85.8 cm³/mol. The minimum atomic E-state index is -1.00. The van der Waals surface area contributed by atoms with Gasteiger partial charge in [-0.2, -0.15) is 0 Å². The molecular formula is C16H23N3O4. The number of pyridine rings is 1. The van der Waals surface area contributed by atoms with E-state index in [4.69, 9.17) is 9.84 Å². The Morgan fingerprint density at radius 2 is 2.00 bits per heavy atom. The second-order valence-electron chi connectivity index (χ2n) is 6.71. The Labute approximate surface area is 135 Å². The van der Waals surface area contributed by atoms with Crippen molar-refractivity contribution in [3.63, 3.8) is 0 Å². The number of nitrogens with zero attached hydrogens (tertiary/aromatic N) is 3. The van der Waals surface area contributed by atoms with Crippen LogP contribution >= 0.6 is 0 Å². The second kappa shape index (κ2) is 6.44. The molecule has 7 heteroatoms. The molecule has 1 unspecified atom stereocenters. The zero-order valence-corrected chi connectivity index (χ0v) is 13.9. The van der Waals surface area contributed by atoms with Crippen LogP contribution in [-0.2, 0) is 4.74 Å². The standard InChI is InChI=1S/C16H23N3O4/c1-11-10-18(15(22)23-16(2,3)4)5-6-19(11)13-7-12(14(20)21)8-17-9-13/h7-9,11H,5-6,10H2,1-4H3,(H,20,21). The fourth-order valence-electron chi connectivity index (χ4n) is 2.54. The number of carboxylic acids is 1. The summed E-state index contributed by atoms with van der Waals surface area (Å²) in [6, 6.07) is 1.65. The number of rotatable bonds is 2. The van der Waals surface area contributed by atoms with E-state index in [2.05, 4.69) is 9.88 Å². The summed E-state index contributed by atoms with van der Waals surface area (Å²) in [4.78, 5) is 30.9. The highest BCUT2D eigenvalue weighted by Crippen LogP contribution is 2.22. The molecule has 0 spiro atoms. The van der Waals surface area contributed by atoms with Gasteiger partial charge in [0.15, 0.2) is 0 Å². The van der Waals surface area contributed by atoms with Gasteiger partial charge < -0.3 is 19.6 Å². The third-order valence-corrected chi connectivity index (χ3v) is 3.58. The smallest absolute Gasteiger partial charge is 0.410 e. The molecule has 1 fully saturated rings. The van der Waals surface area contributed by atoms with Crippen LogP contribution in [0.25, 0.3) is 0 Å². The quantitative estimate of drug-likeness (QED) is 0.899. The number of carbonyl (C=O) groups excluding carboxylic acids is 1. The van der Waals surface area contributed by atoms with Gasteiger partial charge in [0.1, 0.15) is 5.60 Å². The first-order chi connectivity index (χ1) is 10.7. The van der Waals surface area contributed by atoms with Crippen LogP contribution in [0.1, 0.15) is 38.1 Å². The summed E-state index contributed by atoms with van der Waals surface area (Å²) in [7, 11) is 0. The fourth-order valence-corrected chi connectivity index (χ4v) is 2.54. The number of ether oxygens (including phenoxy) is 1. The lowest BCUT2D eigenvalue weighted by Gasteiger charge is -2.41. The molecule has 0 radical (unpaired) electrons. The van der Waals surface area contributed by atoms with Crippen LogP contribution in [0.4, 0.5) is 10.5 Å². The number of aromatic carboxylic acids is 1. The Kier molecular flexibility index (Phi) is 4.77. The van der Waals surface area contributed by atoms with Crippen molar-refractivity contribution < 1.29 is 19.4 Å². The first-order valence-corrected chi connectivity index (χ1v) is 7.60. The minimum absolute atomic E-state index is 0.0436. The van der Waals surface area contributed by atoms with Gasteiger partial charge in [0.2, 0.25) is 0 Å². The zero-order valence-electron chi connectivity index (χ0n) is 13.9. The Balaban J connectivity index is 2.06. The SMILES string of the molecule is CC1CN(C(=O)OC(C)(C)C)CCN1c1cncc(C(=O)O)c1. The Morgan fingerprint density at radius 3 is 2.57 bits per heavy atom. The van der Waals surface area contributed by atoms with Crippen LogP contribution in [-0.4, -0.2) is 58.3 Å². The molecule has 126 valence electrons. The number of piperazine rings is 1. The van der Waals surface area contributed by atoms with E-state index < -0.39 is 11.6 Å². The van der Waals surface area contributed by atoms with Crippen LogP contribution in [0.3, 0.4) is 0 Å². The largest absolute Gasteiger partial charge is 0.478 e. The van der Waals surface area contributed by atoms with Gasteiger partial charge in [-0.25, -0.2) is 9.59 Å². The minimum Gasteiger partial charge on any atom is -0.478 e. The van der Waals surface area contributed by atoms with E-state index in [1.807, 2.05) is 27.7 Å². The highest BCUT2D eigenvalue weighted by Gasteiger charge is 2.30. The highest BCUT2D eigenvalue weighted by molar-refractivity contribution is 5.88. The number of carbonyl (C=O) groups is 2. The molecule has 2 rings (SSSR count). The molecule has 1 aromatic rings. The molecule has 0 aliphatic carbocycles. The third-order valence-electron chi connectivity index (χ3n) is 3.58. The Morgan fingerprint density at radius 1 is 1.30 bits per heavy atom. The first-order valence-electron chi connectivity index (χ1n) is 7.60. The van der Waals surface area contributed by atoms with E-state index >= 15 is 0 Å². The topological polar surface area (TPSA) is 83.0 Å².